The molecule has 0 aliphatic heterocycles. The summed E-state index contributed by atoms with van der Waals surface area (Å²) < 4.78 is 14.3. The van der Waals surface area contributed by atoms with Gasteiger partial charge in [-0.25, -0.2) is 14.4 Å². The summed E-state index contributed by atoms with van der Waals surface area (Å²) >= 11 is 5.91. The molecule has 3 rings (SSSR count). The summed E-state index contributed by atoms with van der Waals surface area (Å²) in [5, 5.41) is 14.8. The highest BCUT2D eigenvalue weighted by Gasteiger charge is 2.08. The summed E-state index contributed by atoms with van der Waals surface area (Å²) in [7, 11) is 0. The van der Waals surface area contributed by atoms with Gasteiger partial charge in [-0.1, -0.05) is 11.6 Å². The highest BCUT2D eigenvalue weighted by Crippen LogP contribution is 2.23. The van der Waals surface area contributed by atoms with E-state index >= 15 is 0 Å². The van der Waals surface area contributed by atoms with Gasteiger partial charge in [-0.3, -0.25) is 0 Å². The molecule has 128 valence electrons. The van der Waals surface area contributed by atoms with E-state index in [-0.39, 0.29) is 0 Å². The van der Waals surface area contributed by atoms with Gasteiger partial charge in [0.1, 0.15) is 11.6 Å². The number of halogens is 2. The number of aryl methyl sites for hydroxylation is 1. The number of pyridine rings is 1. The van der Waals surface area contributed by atoms with E-state index in [0.717, 1.165) is 16.0 Å². The molecule has 0 spiro atoms. The first kappa shape index (κ1) is 17.1. The van der Waals surface area contributed by atoms with Crippen molar-refractivity contribution in [1.82, 2.24) is 9.97 Å². The lowest BCUT2D eigenvalue weighted by molar-refractivity contribution is -0.605. The maximum Gasteiger partial charge on any atom is 0.183 e. The number of anilines is 1. The summed E-state index contributed by atoms with van der Waals surface area (Å²) in [6.07, 6.45) is 3.65. The Kier molecular flexibility index (Phi) is 5.09. The Morgan fingerprint density at radius 3 is 2.84 bits per heavy atom. The van der Waals surface area contributed by atoms with Crippen LogP contribution in [0.25, 0.3) is 11.4 Å². The van der Waals surface area contributed by atoms with Gasteiger partial charge in [0.25, 0.3) is 0 Å². The van der Waals surface area contributed by atoms with Gasteiger partial charge in [0, 0.05) is 40.5 Å². The van der Waals surface area contributed by atoms with Gasteiger partial charge in [0.2, 0.25) is 0 Å². The summed E-state index contributed by atoms with van der Waals surface area (Å²) in [4.78, 5) is 8.76. The summed E-state index contributed by atoms with van der Waals surface area (Å²) in [5.41, 5.74) is 2.20. The van der Waals surface area contributed by atoms with Gasteiger partial charge in [0.15, 0.2) is 18.2 Å². The molecule has 7 heteroatoms. The van der Waals surface area contributed by atoms with Crippen LogP contribution in [-0.4, -0.2) is 16.5 Å². The monoisotopic (exact) mass is 358 g/mol. The van der Waals surface area contributed by atoms with Crippen LogP contribution in [0.15, 0.2) is 48.8 Å². The van der Waals surface area contributed by atoms with E-state index < -0.39 is 5.82 Å². The van der Waals surface area contributed by atoms with Gasteiger partial charge in [-0.05, 0) is 37.6 Å². The van der Waals surface area contributed by atoms with Crippen LogP contribution in [0.5, 0.6) is 0 Å². The molecule has 0 aliphatic rings. The lowest BCUT2D eigenvalue weighted by Gasteiger charge is -2.09. The van der Waals surface area contributed by atoms with Crippen LogP contribution in [0.3, 0.4) is 0 Å². The summed E-state index contributed by atoms with van der Waals surface area (Å²) in [6, 6.07) is 9.62. The number of benzene rings is 1. The van der Waals surface area contributed by atoms with Crippen LogP contribution in [0.4, 0.5) is 10.2 Å². The third-order valence-electron chi connectivity index (χ3n) is 3.53. The lowest BCUT2D eigenvalue weighted by Crippen LogP contribution is -2.25. The maximum atomic E-state index is 13.6. The minimum Gasteiger partial charge on any atom is -0.619 e. The molecule has 0 saturated heterocycles. The van der Waals surface area contributed by atoms with Crippen molar-refractivity contribution >= 4 is 17.4 Å². The molecule has 2 heterocycles. The zero-order valence-corrected chi connectivity index (χ0v) is 14.3. The number of rotatable bonds is 5. The average molecular weight is 359 g/mol. The highest BCUT2D eigenvalue weighted by atomic mass is 35.5. The zero-order valence-electron chi connectivity index (χ0n) is 13.5. The van der Waals surface area contributed by atoms with E-state index in [2.05, 4.69) is 15.3 Å². The third kappa shape index (κ3) is 4.64. The predicted molar refractivity (Wildman–Crippen MR) is 94.8 cm³/mol. The highest BCUT2D eigenvalue weighted by molar-refractivity contribution is 6.30. The molecule has 0 amide bonds. The van der Waals surface area contributed by atoms with Crippen LogP contribution in [-0.2, 0) is 6.42 Å². The van der Waals surface area contributed by atoms with Crippen molar-refractivity contribution in [1.29, 1.82) is 0 Å². The minimum atomic E-state index is -0.433. The molecule has 0 saturated carbocycles. The largest absolute Gasteiger partial charge is 0.619 e. The van der Waals surface area contributed by atoms with Crippen molar-refractivity contribution in [3.63, 3.8) is 0 Å². The van der Waals surface area contributed by atoms with Crippen molar-refractivity contribution in [3.05, 3.63) is 76.1 Å². The molecular weight excluding hydrogens is 343 g/mol. The molecule has 0 atom stereocenters. The topological polar surface area (TPSA) is 64.8 Å². The predicted octanol–water partition coefficient (Wildman–Crippen LogP) is 3.53. The smallest absolute Gasteiger partial charge is 0.183 e. The molecule has 5 nitrogen and oxygen atoms in total. The molecule has 0 aliphatic carbocycles. The summed E-state index contributed by atoms with van der Waals surface area (Å²) in [6.45, 7) is 2.44. The van der Waals surface area contributed by atoms with Crippen LogP contribution >= 0.6 is 11.6 Å². The SMILES string of the molecule is Cc1cc(NCCc2ccc[n+]([O-])c2)nc(-c2cc(F)cc(Cl)c2)n1. The van der Waals surface area contributed by atoms with Crippen LogP contribution in [0.1, 0.15) is 11.3 Å². The summed E-state index contributed by atoms with van der Waals surface area (Å²) in [5.74, 6) is 0.604. The fourth-order valence-corrected chi connectivity index (χ4v) is 2.68. The van der Waals surface area contributed by atoms with E-state index in [1.54, 1.807) is 12.1 Å². The van der Waals surface area contributed by atoms with E-state index in [1.807, 2.05) is 19.1 Å². The van der Waals surface area contributed by atoms with Gasteiger partial charge >= 0.3 is 0 Å². The van der Waals surface area contributed by atoms with Crippen molar-refractivity contribution in [2.45, 2.75) is 13.3 Å². The van der Waals surface area contributed by atoms with Crippen LogP contribution < -0.4 is 10.0 Å². The molecule has 0 radical (unpaired) electrons. The Hall–Kier alpha value is -2.73. The second kappa shape index (κ2) is 7.44. The van der Waals surface area contributed by atoms with E-state index in [4.69, 9.17) is 11.6 Å². The fraction of sp³-hybridized carbons (Fsp3) is 0.167. The van der Waals surface area contributed by atoms with Gasteiger partial charge in [0.05, 0.1) is 0 Å². The van der Waals surface area contributed by atoms with Gasteiger partial charge < -0.3 is 10.5 Å². The Balaban J connectivity index is 1.75. The third-order valence-corrected chi connectivity index (χ3v) is 3.75. The van der Waals surface area contributed by atoms with E-state index in [0.29, 0.717) is 35.2 Å². The number of hydrogen-bond acceptors (Lipinski definition) is 4. The molecule has 1 N–H and O–H groups in total. The van der Waals surface area contributed by atoms with Crippen LogP contribution in [0.2, 0.25) is 5.02 Å². The Bertz CT molecular complexity index is 884. The second-order valence-corrected chi connectivity index (χ2v) is 6.06. The molecule has 0 fully saturated rings. The minimum absolute atomic E-state index is 0.296. The Morgan fingerprint density at radius 2 is 2.08 bits per heavy atom. The molecule has 3 aromatic rings. The second-order valence-electron chi connectivity index (χ2n) is 5.63. The molecule has 0 unspecified atom stereocenters. The van der Waals surface area contributed by atoms with Crippen molar-refractivity contribution in [2.75, 3.05) is 11.9 Å². The molecule has 1 aromatic carbocycles. The number of hydrogen-bond donors (Lipinski definition) is 1. The lowest BCUT2D eigenvalue weighted by atomic mass is 10.2. The van der Waals surface area contributed by atoms with Crippen molar-refractivity contribution < 1.29 is 9.12 Å². The Labute approximate surface area is 149 Å². The normalized spacial score (nSPS) is 10.7. The first-order valence-corrected chi connectivity index (χ1v) is 8.11. The maximum absolute atomic E-state index is 13.6. The molecular formula is C18H16ClFN4O. The number of aromatic nitrogens is 3. The van der Waals surface area contributed by atoms with Gasteiger partial charge in [-0.2, -0.15) is 4.73 Å². The Morgan fingerprint density at radius 1 is 1.24 bits per heavy atom. The van der Waals surface area contributed by atoms with Gasteiger partial charge in [-0.15, -0.1) is 0 Å². The van der Waals surface area contributed by atoms with Crippen molar-refractivity contribution in [2.24, 2.45) is 0 Å². The molecule has 25 heavy (non-hydrogen) atoms. The number of nitrogens with one attached hydrogen (secondary N) is 1. The first-order chi connectivity index (χ1) is 12.0. The molecule has 0 bridgehead atoms. The molecule has 2 aromatic heterocycles. The quantitative estimate of drug-likeness (QED) is 0.559. The van der Waals surface area contributed by atoms with E-state index in [1.165, 1.54) is 24.5 Å². The standard InChI is InChI=1S/C18H16ClFN4O/c1-12-7-17(21-5-4-13-3-2-6-24(25)11-13)23-18(22-12)14-8-15(19)10-16(20)9-14/h2-3,6-11H,4-5H2,1H3,(H,21,22,23). The van der Waals surface area contributed by atoms with Crippen molar-refractivity contribution in [3.8, 4) is 11.4 Å². The first-order valence-electron chi connectivity index (χ1n) is 7.73. The number of nitrogens with zero attached hydrogens (tertiary/aromatic N) is 3. The van der Waals surface area contributed by atoms with E-state index in [9.17, 15) is 9.60 Å². The fourth-order valence-electron chi connectivity index (χ4n) is 2.45. The zero-order chi connectivity index (χ0) is 17.8. The van der Waals surface area contributed by atoms with Crippen LogP contribution in [0, 0.1) is 17.9 Å². The average Bonchev–Trinajstić information content (AvgIpc) is 2.53.